The molecule has 0 aliphatic carbocycles. The minimum Gasteiger partial charge on any atom is -0.399 e. The van der Waals surface area contributed by atoms with Gasteiger partial charge in [-0.1, -0.05) is 19.8 Å². The first-order valence-corrected chi connectivity index (χ1v) is 7.48. The Morgan fingerprint density at radius 3 is 2.65 bits per heavy atom. The van der Waals surface area contributed by atoms with Crippen LogP contribution in [0.3, 0.4) is 0 Å². The molecule has 0 atom stereocenters. The summed E-state index contributed by atoms with van der Waals surface area (Å²) >= 11 is 0. The third kappa shape index (κ3) is 5.80. The van der Waals surface area contributed by atoms with E-state index in [0.717, 1.165) is 24.3 Å². The highest BCUT2D eigenvalue weighted by molar-refractivity contribution is 5.58. The topological polar surface area (TPSA) is 58.7 Å². The lowest BCUT2D eigenvalue weighted by atomic mass is 10.1. The van der Waals surface area contributed by atoms with E-state index in [1.807, 2.05) is 13.0 Å². The van der Waals surface area contributed by atoms with Crippen LogP contribution < -0.4 is 10.6 Å². The zero-order chi connectivity index (χ0) is 14.8. The highest BCUT2D eigenvalue weighted by Gasteiger charge is 2.07. The van der Waals surface area contributed by atoms with E-state index < -0.39 is 0 Å². The monoisotopic (exact) mass is 280 g/mol. The Kier molecular flexibility index (Phi) is 8.07. The number of unbranched alkanes of at least 4 members (excludes halogenated alkanes) is 2. The molecule has 4 heteroatoms. The van der Waals surface area contributed by atoms with Gasteiger partial charge in [-0.05, 0) is 37.1 Å². The smallest absolute Gasteiger partial charge is 0.0698 e. The van der Waals surface area contributed by atoms with Crippen molar-refractivity contribution >= 4 is 11.4 Å². The summed E-state index contributed by atoms with van der Waals surface area (Å²) in [5.41, 5.74) is 9.02. The van der Waals surface area contributed by atoms with Crippen molar-refractivity contribution in [3.05, 3.63) is 23.8 Å². The number of rotatable bonds is 10. The van der Waals surface area contributed by atoms with Crippen molar-refractivity contribution < 1.29 is 9.84 Å². The molecule has 0 bridgehead atoms. The number of hydrogen-bond donors (Lipinski definition) is 2. The molecule has 0 aromatic heterocycles. The molecule has 1 aromatic carbocycles. The molecular weight excluding hydrogens is 252 g/mol. The predicted molar refractivity (Wildman–Crippen MR) is 85.2 cm³/mol. The van der Waals surface area contributed by atoms with Crippen molar-refractivity contribution in [2.75, 3.05) is 43.5 Å². The molecular formula is C16H28N2O2. The fourth-order valence-electron chi connectivity index (χ4n) is 2.12. The van der Waals surface area contributed by atoms with E-state index in [9.17, 15) is 0 Å². The lowest BCUT2D eigenvalue weighted by Gasteiger charge is -2.25. The average Bonchev–Trinajstić information content (AvgIpc) is 2.45. The van der Waals surface area contributed by atoms with E-state index in [2.05, 4.69) is 24.0 Å². The van der Waals surface area contributed by atoms with Gasteiger partial charge in [0.25, 0.3) is 0 Å². The molecule has 0 unspecified atom stereocenters. The van der Waals surface area contributed by atoms with Gasteiger partial charge < -0.3 is 20.5 Å². The number of benzene rings is 1. The van der Waals surface area contributed by atoms with Gasteiger partial charge in [-0.15, -0.1) is 0 Å². The van der Waals surface area contributed by atoms with Gasteiger partial charge >= 0.3 is 0 Å². The Morgan fingerprint density at radius 2 is 2.00 bits per heavy atom. The number of nitrogens with two attached hydrogens (primary N) is 1. The van der Waals surface area contributed by atoms with Gasteiger partial charge in [0, 0.05) is 24.5 Å². The number of aliphatic hydroxyl groups is 1. The second kappa shape index (κ2) is 9.61. The minimum atomic E-state index is 0.0802. The Balaban J connectivity index is 2.61. The lowest BCUT2D eigenvalue weighted by Crippen LogP contribution is -2.29. The highest BCUT2D eigenvalue weighted by Crippen LogP contribution is 2.21. The van der Waals surface area contributed by atoms with E-state index in [1.165, 1.54) is 24.9 Å². The van der Waals surface area contributed by atoms with Gasteiger partial charge in [0.1, 0.15) is 0 Å². The molecule has 1 aromatic rings. The molecule has 0 saturated carbocycles. The van der Waals surface area contributed by atoms with E-state index >= 15 is 0 Å². The van der Waals surface area contributed by atoms with Crippen molar-refractivity contribution in [3.8, 4) is 0 Å². The fourth-order valence-corrected chi connectivity index (χ4v) is 2.12. The molecule has 0 saturated heterocycles. The van der Waals surface area contributed by atoms with Gasteiger partial charge in [-0.25, -0.2) is 0 Å². The number of aliphatic hydroxyl groups excluding tert-OH is 1. The van der Waals surface area contributed by atoms with E-state index in [0.29, 0.717) is 13.2 Å². The summed E-state index contributed by atoms with van der Waals surface area (Å²) in [6, 6.07) is 6.17. The van der Waals surface area contributed by atoms with E-state index in [-0.39, 0.29) is 6.61 Å². The summed E-state index contributed by atoms with van der Waals surface area (Å²) in [5, 5.41) is 8.74. The number of anilines is 2. The summed E-state index contributed by atoms with van der Waals surface area (Å²) in [7, 11) is 0. The SMILES string of the molecule is CCCCCN(CCOCCO)c1ccc(N)c(C)c1. The van der Waals surface area contributed by atoms with Crippen LogP contribution in [-0.4, -0.2) is 38.0 Å². The summed E-state index contributed by atoms with van der Waals surface area (Å²) in [4.78, 5) is 2.33. The second-order valence-electron chi connectivity index (χ2n) is 5.07. The predicted octanol–water partition coefficient (Wildman–Crippen LogP) is 2.58. The fraction of sp³-hybridized carbons (Fsp3) is 0.625. The molecule has 3 N–H and O–H groups in total. The van der Waals surface area contributed by atoms with Crippen LogP contribution in [0.4, 0.5) is 11.4 Å². The largest absolute Gasteiger partial charge is 0.399 e. The third-order valence-corrected chi connectivity index (χ3v) is 3.39. The number of hydrogen-bond acceptors (Lipinski definition) is 4. The maximum absolute atomic E-state index is 8.74. The minimum absolute atomic E-state index is 0.0802. The molecule has 0 spiro atoms. The van der Waals surface area contributed by atoms with Crippen molar-refractivity contribution in [2.45, 2.75) is 33.1 Å². The van der Waals surface area contributed by atoms with Gasteiger partial charge in [0.05, 0.1) is 19.8 Å². The maximum atomic E-state index is 8.74. The van der Waals surface area contributed by atoms with Gasteiger partial charge in [-0.2, -0.15) is 0 Å². The highest BCUT2D eigenvalue weighted by atomic mass is 16.5. The van der Waals surface area contributed by atoms with Crippen molar-refractivity contribution in [1.82, 2.24) is 0 Å². The average molecular weight is 280 g/mol. The Morgan fingerprint density at radius 1 is 1.20 bits per heavy atom. The zero-order valence-corrected chi connectivity index (χ0v) is 12.8. The first kappa shape index (κ1) is 16.8. The summed E-state index contributed by atoms with van der Waals surface area (Å²) in [5.74, 6) is 0. The molecule has 4 nitrogen and oxygen atoms in total. The Labute approximate surface area is 122 Å². The van der Waals surface area contributed by atoms with Crippen LogP contribution in [0.5, 0.6) is 0 Å². The van der Waals surface area contributed by atoms with Crippen LogP contribution in [-0.2, 0) is 4.74 Å². The summed E-state index contributed by atoms with van der Waals surface area (Å²) in [6.45, 7) is 7.23. The first-order valence-electron chi connectivity index (χ1n) is 7.48. The quantitative estimate of drug-likeness (QED) is 0.511. The van der Waals surface area contributed by atoms with Crippen LogP contribution in [0.25, 0.3) is 0 Å². The number of nitrogen functional groups attached to an aromatic ring is 1. The lowest BCUT2D eigenvalue weighted by molar-refractivity contribution is 0.0966. The van der Waals surface area contributed by atoms with Crippen LogP contribution in [0.1, 0.15) is 31.7 Å². The maximum Gasteiger partial charge on any atom is 0.0698 e. The van der Waals surface area contributed by atoms with Crippen molar-refractivity contribution in [3.63, 3.8) is 0 Å². The molecule has 20 heavy (non-hydrogen) atoms. The van der Waals surface area contributed by atoms with Gasteiger partial charge in [-0.3, -0.25) is 0 Å². The van der Waals surface area contributed by atoms with Crippen molar-refractivity contribution in [1.29, 1.82) is 0 Å². The number of nitrogens with zero attached hydrogens (tertiary/aromatic N) is 1. The van der Waals surface area contributed by atoms with Crippen LogP contribution >= 0.6 is 0 Å². The van der Waals surface area contributed by atoms with Gasteiger partial charge in [0.2, 0.25) is 0 Å². The third-order valence-electron chi connectivity index (χ3n) is 3.39. The summed E-state index contributed by atoms with van der Waals surface area (Å²) in [6.07, 6.45) is 3.64. The first-order chi connectivity index (χ1) is 9.69. The molecule has 0 aliphatic heterocycles. The number of aryl methyl sites for hydroxylation is 1. The molecule has 0 radical (unpaired) electrons. The second-order valence-corrected chi connectivity index (χ2v) is 5.07. The Hall–Kier alpha value is -1.26. The number of ether oxygens (including phenoxy) is 1. The zero-order valence-electron chi connectivity index (χ0n) is 12.8. The molecule has 0 amide bonds. The van der Waals surface area contributed by atoms with Crippen LogP contribution in [0.15, 0.2) is 18.2 Å². The van der Waals surface area contributed by atoms with Crippen LogP contribution in [0.2, 0.25) is 0 Å². The van der Waals surface area contributed by atoms with Gasteiger partial charge in [0.15, 0.2) is 0 Å². The standard InChI is InChI=1S/C16H28N2O2/c1-3-4-5-8-18(9-11-20-12-10-19)15-6-7-16(17)14(2)13-15/h6-7,13,19H,3-5,8-12,17H2,1-2H3. The van der Waals surface area contributed by atoms with E-state index in [1.54, 1.807) is 0 Å². The van der Waals surface area contributed by atoms with Crippen molar-refractivity contribution in [2.24, 2.45) is 0 Å². The molecule has 1 rings (SSSR count). The molecule has 0 fully saturated rings. The van der Waals surface area contributed by atoms with Crippen LogP contribution in [0, 0.1) is 6.92 Å². The summed E-state index contributed by atoms with van der Waals surface area (Å²) < 4.78 is 5.38. The molecule has 0 aliphatic rings. The molecule has 114 valence electrons. The Bertz CT molecular complexity index is 383. The normalized spacial score (nSPS) is 10.8. The molecule has 0 heterocycles. The van der Waals surface area contributed by atoms with E-state index in [4.69, 9.17) is 15.6 Å².